The molecule has 1 atom stereocenters. The molecule has 1 aromatic carbocycles. The second kappa shape index (κ2) is 8.22. The zero-order chi connectivity index (χ0) is 16.8. The number of aliphatic hydroxyl groups excluding tert-OH is 1. The highest BCUT2D eigenvalue weighted by molar-refractivity contribution is 5.41. The number of aromatic nitrogens is 1. The van der Waals surface area contributed by atoms with Gasteiger partial charge in [-0.3, -0.25) is 0 Å². The van der Waals surface area contributed by atoms with Crippen LogP contribution in [0.4, 0.5) is 10.2 Å². The van der Waals surface area contributed by atoms with E-state index < -0.39 is 6.10 Å². The van der Waals surface area contributed by atoms with Gasteiger partial charge in [-0.15, -0.1) is 0 Å². The second-order valence-electron chi connectivity index (χ2n) is 6.33. The quantitative estimate of drug-likeness (QED) is 0.819. The van der Waals surface area contributed by atoms with Crippen LogP contribution in [0.25, 0.3) is 0 Å². The van der Waals surface area contributed by atoms with Crippen LogP contribution in [0, 0.1) is 5.82 Å². The molecule has 1 aliphatic heterocycles. The molecule has 1 fully saturated rings. The minimum absolute atomic E-state index is 0.252. The summed E-state index contributed by atoms with van der Waals surface area (Å²) in [6, 6.07) is 10.4. The van der Waals surface area contributed by atoms with Crippen LogP contribution in [0.5, 0.6) is 0 Å². The third-order valence-corrected chi connectivity index (χ3v) is 4.33. The van der Waals surface area contributed by atoms with E-state index in [1.54, 1.807) is 12.1 Å². The van der Waals surface area contributed by atoms with Gasteiger partial charge in [0.2, 0.25) is 0 Å². The third kappa shape index (κ3) is 4.76. The topological polar surface area (TPSA) is 48.4 Å². The van der Waals surface area contributed by atoms with E-state index in [4.69, 9.17) is 0 Å². The lowest BCUT2D eigenvalue weighted by molar-refractivity contribution is 0.171. The number of halogens is 1. The van der Waals surface area contributed by atoms with Crippen molar-refractivity contribution in [3.8, 4) is 0 Å². The highest BCUT2D eigenvalue weighted by Gasteiger charge is 2.13. The maximum atomic E-state index is 12.9. The molecular weight excluding hydrogens is 305 g/mol. The van der Waals surface area contributed by atoms with Crippen LogP contribution >= 0.6 is 0 Å². The highest BCUT2D eigenvalue weighted by Crippen LogP contribution is 2.18. The van der Waals surface area contributed by atoms with Gasteiger partial charge in [-0.25, -0.2) is 9.37 Å². The number of pyridine rings is 1. The summed E-state index contributed by atoms with van der Waals surface area (Å²) in [5.41, 5.74) is 2.10. The Hall–Kier alpha value is -1.98. The molecule has 0 radical (unpaired) electrons. The smallest absolute Gasteiger partial charge is 0.128 e. The molecule has 0 spiro atoms. The molecule has 4 nitrogen and oxygen atoms in total. The normalized spacial score (nSPS) is 15.7. The molecule has 0 bridgehead atoms. The lowest BCUT2D eigenvalue weighted by atomic mass is 10.1. The highest BCUT2D eigenvalue weighted by atomic mass is 19.1. The molecule has 0 amide bonds. The number of nitrogens with zero attached hydrogens (tertiary/aromatic N) is 2. The van der Waals surface area contributed by atoms with Gasteiger partial charge < -0.3 is 15.3 Å². The number of benzene rings is 1. The number of anilines is 1. The fraction of sp³-hybridized carbons (Fsp3) is 0.421. The van der Waals surface area contributed by atoms with E-state index in [2.05, 4.69) is 21.3 Å². The lowest BCUT2D eigenvalue weighted by Crippen LogP contribution is -2.28. The third-order valence-electron chi connectivity index (χ3n) is 4.33. The van der Waals surface area contributed by atoms with E-state index >= 15 is 0 Å². The largest absolute Gasteiger partial charge is 0.391 e. The molecule has 5 heteroatoms. The zero-order valence-electron chi connectivity index (χ0n) is 13.8. The van der Waals surface area contributed by atoms with Crippen molar-refractivity contribution in [2.45, 2.75) is 31.9 Å². The van der Waals surface area contributed by atoms with Gasteiger partial charge in [-0.2, -0.15) is 0 Å². The van der Waals surface area contributed by atoms with E-state index in [0.29, 0.717) is 19.5 Å². The van der Waals surface area contributed by atoms with Crippen molar-refractivity contribution in [1.29, 1.82) is 0 Å². The van der Waals surface area contributed by atoms with Gasteiger partial charge in [-0.1, -0.05) is 12.1 Å². The Labute approximate surface area is 142 Å². The van der Waals surface area contributed by atoms with Crippen molar-refractivity contribution in [2.75, 3.05) is 24.5 Å². The van der Waals surface area contributed by atoms with Gasteiger partial charge in [0.15, 0.2) is 0 Å². The van der Waals surface area contributed by atoms with Crippen LogP contribution in [0.2, 0.25) is 0 Å². The van der Waals surface area contributed by atoms with Gasteiger partial charge >= 0.3 is 0 Å². The first-order valence-electron chi connectivity index (χ1n) is 8.54. The van der Waals surface area contributed by atoms with Crippen LogP contribution in [-0.4, -0.2) is 35.8 Å². The molecule has 1 unspecified atom stereocenters. The van der Waals surface area contributed by atoms with E-state index in [1.165, 1.54) is 30.5 Å². The van der Waals surface area contributed by atoms with Crippen molar-refractivity contribution in [2.24, 2.45) is 0 Å². The summed E-state index contributed by atoms with van der Waals surface area (Å²) < 4.78 is 12.9. The van der Waals surface area contributed by atoms with Crippen LogP contribution in [0.3, 0.4) is 0 Å². The number of hydrogen-bond acceptors (Lipinski definition) is 4. The maximum Gasteiger partial charge on any atom is 0.128 e. The number of rotatable bonds is 7. The SMILES string of the molecule is OC(CNCc1ccnc(N2CCCC2)c1)Cc1ccc(F)cc1. The summed E-state index contributed by atoms with van der Waals surface area (Å²) in [5, 5.41) is 13.4. The average Bonchev–Trinajstić information content (AvgIpc) is 3.12. The van der Waals surface area contributed by atoms with Crippen LogP contribution in [-0.2, 0) is 13.0 Å². The first-order valence-corrected chi connectivity index (χ1v) is 8.54. The fourth-order valence-electron chi connectivity index (χ4n) is 3.04. The van der Waals surface area contributed by atoms with E-state index in [9.17, 15) is 9.50 Å². The van der Waals surface area contributed by atoms with Crippen LogP contribution in [0.15, 0.2) is 42.6 Å². The molecule has 128 valence electrons. The molecule has 0 saturated carbocycles. The monoisotopic (exact) mass is 329 g/mol. The van der Waals surface area contributed by atoms with Crippen molar-refractivity contribution < 1.29 is 9.50 Å². The van der Waals surface area contributed by atoms with E-state index in [0.717, 1.165) is 24.5 Å². The molecule has 2 heterocycles. The Morgan fingerprint density at radius 2 is 1.88 bits per heavy atom. The summed E-state index contributed by atoms with van der Waals surface area (Å²) in [5.74, 6) is 0.788. The molecule has 2 aromatic rings. The Kier molecular flexibility index (Phi) is 5.77. The van der Waals surface area contributed by atoms with Crippen molar-refractivity contribution in [1.82, 2.24) is 10.3 Å². The maximum absolute atomic E-state index is 12.9. The van der Waals surface area contributed by atoms with Gasteiger partial charge in [0.1, 0.15) is 11.6 Å². The van der Waals surface area contributed by atoms with Gasteiger partial charge in [0.25, 0.3) is 0 Å². The summed E-state index contributed by atoms with van der Waals surface area (Å²) in [6.07, 6.45) is 4.34. The Bertz CT molecular complexity index is 641. The molecule has 0 aliphatic carbocycles. The number of aliphatic hydroxyl groups is 1. The zero-order valence-corrected chi connectivity index (χ0v) is 13.8. The lowest BCUT2D eigenvalue weighted by Gasteiger charge is -2.17. The molecule has 3 rings (SSSR count). The standard InChI is InChI=1S/C19H24FN3O/c20-17-5-3-15(4-6-17)11-18(24)14-21-13-16-7-8-22-19(12-16)23-9-1-2-10-23/h3-8,12,18,21,24H,1-2,9-11,13-14H2. The summed E-state index contributed by atoms with van der Waals surface area (Å²) in [6.45, 7) is 3.36. The van der Waals surface area contributed by atoms with Gasteiger partial charge in [0, 0.05) is 32.4 Å². The molecule has 1 saturated heterocycles. The van der Waals surface area contributed by atoms with Crippen LogP contribution < -0.4 is 10.2 Å². The minimum Gasteiger partial charge on any atom is -0.391 e. The summed E-state index contributed by atoms with van der Waals surface area (Å²) in [7, 11) is 0. The van der Waals surface area contributed by atoms with Gasteiger partial charge in [0.05, 0.1) is 6.10 Å². The summed E-state index contributed by atoms with van der Waals surface area (Å²) in [4.78, 5) is 6.76. The van der Waals surface area contributed by atoms with Crippen molar-refractivity contribution in [3.05, 3.63) is 59.5 Å². The minimum atomic E-state index is -0.490. The van der Waals surface area contributed by atoms with Crippen LogP contribution in [0.1, 0.15) is 24.0 Å². The van der Waals surface area contributed by atoms with Crippen molar-refractivity contribution >= 4 is 5.82 Å². The first kappa shape index (κ1) is 16.9. The molecular formula is C19H24FN3O. The second-order valence-corrected chi connectivity index (χ2v) is 6.33. The summed E-state index contributed by atoms with van der Waals surface area (Å²) >= 11 is 0. The Morgan fingerprint density at radius 1 is 1.12 bits per heavy atom. The molecule has 2 N–H and O–H groups in total. The number of hydrogen-bond donors (Lipinski definition) is 2. The molecule has 1 aromatic heterocycles. The Morgan fingerprint density at radius 3 is 2.62 bits per heavy atom. The predicted octanol–water partition coefficient (Wildman–Crippen LogP) is 2.51. The molecule has 1 aliphatic rings. The predicted molar refractivity (Wildman–Crippen MR) is 93.5 cm³/mol. The Balaban J connectivity index is 1.45. The first-order chi connectivity index (χ1) is 11.7. The average molecular weight is 329 g/mol. The fourth-order valence-corrected chi connectivity index (χ4v) is 3.04. The van der Waals surface area contributed by atoms with E-state index in [1.807, 2.05) is 12.3 Å². The molecule has 24 heavy (non-hydrogen) atoms. The van der Waals surface area contributed by atoms with Gasteiger partial charge in [-0.05, 0) is 54.7 Å². The van der Waals surface area contributed by atoms with E-state index in [-0.39, 0.29) is 5.82 Å². The van der Waals surface area contributed by atoms with Crippen molar-refractivity contribution in [3.63, 3.8) is 0 Å². The number of nitrogens with one attached hydrogen (secondary N) is 1.